The van der Waals surface area contributed by atoms with Gasteiger partial charge >= 0.3 is 5.69 Å². The minimum Gasteiger partial charge on any atom is -0.354 e. The van der Waals surface area contributed by atoms with Crippen LogP contribution in [0.5, 0.6) is 0 Å². The van der Waals surface area contributed by atoms with Gasteiger partial charge in [0.2, 0.25) is 5.91 Å². The topological polar surface area (TPSA) is 119 Å². The van der Waals surface area contributed by atoms with E-state index in [1.54, 1.807) is 0 Å². The lowest BCUT2D eigenvalue weighted by Crippen LogP contribution is -2.41. The van der Waals surface area contributed by atoms with Gasteiger partial charge in [-0.15, -0.1) is 0 Å². The number of aromatic nitrogens is 2. The summed E-state index contributed by atoms with van der Waals surface area (Å²) in [4.78, 5) is 39.4. The molecule has 2 aliphatic rings. The molecular weight excluding hydrogens is 298 g/mol. The van der Waals surface area contributed by atoms with Gasteiger partial charge in [0, 0.05) is 24.8 Å². The summed E-state index contributed by atoms with van der Waals surface area (Å²) in [5, 5.41) is 9.56. The van der Waals surface area contributed by atoms with Gasteiger partial charge in [-0.2, -0.15) is 0 Å². The van der Waals surface area contributed by atoms with Crippen LogP contribution in [0.4, 0.5) is 0 Å². The van der Waals surface area contributed by atoms with Crippen molar-refractivity contribution in [3.8, 4) is 0 Å². The number of amides is 1. The molecule has 1 amide bonds. The van der Waals surface area contributed by atoms with Crippen LogP contribution >= 0.6 is 0 Å². The molecule has 1 aromatic heterocycles. The van der Waals surface area contributed by atoms with Gasteiger partial charge in [-0.1, -0.05) is 0 Å². The molecule has 2 aliphatic heterocycles. The van der Waals surface area contributed by atoms with Gasteiger partial charge in [-0.3, -0.25) is 14.6 Å². The summed E-state index contributed by atoms with van der Waals surface area (Å²) in [5.74, 6) is -0.0127. The van der Waals surface area contributed by atoms with Crippen molar-refractivity contribution in [2.45, 2.75) is 31.7 Å². The molecule has 0 aliphatic carbocycles. The van der Waals surface area contributed by atoms with Gasteiger partial charge < -0.3 is 20.9 Å². The quantitative estimate of drug-likeness (QED) is 0.460. The zero-order valence-corrected chi connectivity index (χ0v) is 13.0. The van der Waals surface area contributed by atoms with Crippen molar-refractivity contribution in [2.75, 3.05) is 26.2 Å². The third-order valence-electron chi connectivity index (χ3n) is 4.93. The van der Waals surface area contributed by atoms with Crippen molar-refractivity contribution < 1.29 is 4.79 Å². The minimum absolute atomic E-state index is 0.0127. The highest BCUT2D eigenvalue weighted by molar-refractivity contribution is 5.82. The minimum atomic E-state index is -0.523. The van der Waals surface area contributed by atoms with Crippen molar-refractivity contribution in [3.63, 3.8) is 0 Å². The first-order chi connectivity index (χ1) is 11.1. The maximum absolute atomic E-state index is 12.3. The number of hydrogen-bond donors (Lipinski definition) is 5. The number of carbonyl (C=O) groups is 1. The molecule has 1 aromatic rings. The number of nitrogens with one attached hydrogen (secondary N) is 5. The molecule has 1 atom stereocenters. The van der Waals surface area contributed by atoms with Crippen LogP contribution in [0.1, 0.15) is 24.8 Å². The summed E-state index contributed by atoms with van der Waals surface area (Å²) in [6, 6.07) is -0.151. The summed E-state index contributed by atoms with van der Waals surface area (Å²) in [6.07, 6.45) is 4.87. The Labute approximate surface area is 133 Å². The van der Waals surface area contributed by atoms with Crippen LogP contribution in [0, 0.1) is 5.41 Å². The average Bonchev–Trinajstić information content (AvgIpc) is 2.94. The van der Waals surface area contributed by atoms with Crippen molar-refractivity contribution in [3.05, 3.63) is 32.6 Å². The van der Waals surface area contributed by atoms with Gasteiger partial charge in [0.1, 0.15) is 0 Å². The fourth-order valence-electron chi connectivity index (χ4n) is 3.51. The second-order valence-electron chi connectivity index (χ2n) is 6.53. The summed E-state index contributed by atoms with van der Waals surface area (Å²) in [6.45, 7) is 3.31. The van der Waals surface area contributed by atoms with E-state index in [-0.39, 0.29) is 17.4 Å². The maximum atomic E-state index is 12.3. The molecule has 0 bridgehead atoms. The smallest absolute Gasteiger partial charge is 0.325 e. The lowest BCUT2D eigenvalue weighted by atomic mass is 9.77. The second-order valence-corrected chi connectivity index (χ2v) is 6.53. The standard InChI is InChI=1S/C15H23N5O3/c21-12-10(8-18-14(23)20-12)1-4-17-13(22)11-7-15(9-19-11)2-5-16-6-3-15/h8,11,16,19H,1-7,9H2,(H,17,22)(H2,18,20,21,23). The van der Waals surface area contributed by atoms with Crippen molar-refractivity contribution in [1.29, 1.82) is 0 Å². The van der Waals surface area contributed by atoms with E-state index in [2.05, 4.69) is 25.9 Å². The predicted octanol–water partition coefficient (Wildman–Crippen LogP) is -1.55. The Morgan fingerprint density at radius 3 is 2.83 bits per heavy atom. The fourth-order valence-corrected chi connectivity index (χ4v) is 3.51. The zero-order chi connectivity index (χ0) is 16.3. The van der Waals surface area contributed by atoms with Gasteiger partial charge in [-0.25, -0.2) is 4.79 Å². The first-order valence-corrected chi connectivity index (χ1v) is 8.11. The molecule has 1 unspecified atom stereocenters. The van der Waals surface area contributed by atoms with E-state index in [9.17, 15) is 14.4 Å². The molecule has 8 heteroatoms. The number of carbonyl (C=O) groups excluding carboxylic acids is 1. The molecule has 126 valence electrons. The van der Waals surface area contributed by atoms with Crippen molar-refractivity contribution in [1.82, 2.24) is 25.9 Å². The van der Waals surface area contributed by atoms with Gasteiger partial charge in [0.05, 0.1) is 6.04 Å². The van der Waals surface area contributed by atoms with E-state index in [4.69, 9.17) is 0 Å². The molecule has 3 rings (SSSR count). The normalized spacial score (nSPS) is 23.0. The number of rotatable bonds is 4. The Kier molecular flexibility index (Phi) is 4.63. The molecule has 0 aromatic carbocycles. The van der Waals surface area contributed by atoms with Crippen LogP contribution in [0.3, 0.4) is 0 Å². The number of piperidine rings is 1. The number of H-pyrrole nitrogens is 2. The van der Waals surface area contributed by atoms with Crippen LogP contribution < -0.4 is 27.2 Å². The van der Waals surface area contributed by atoms with Crippen LogP contribution in [0.2, 0.25) is 0 Å². The summed E-state index contributed by atoms with van der Waals surface area (Å²) in [5.41, 5.74) is -0.219. The molecule has 0 saturated carbocycles. The van der Waals surface area contributed by atoms with E-state index in [1.165, 1.54) is 6.20 Å². The zero-order valence-electron chi connectivity index (χ0n) is 13.0. The first-order valence-electron chi connectivity index (χ1n) is 8.11. The number of aromatic amines is 2. The molecule has 2 saturated heterocycles. The summed E-state index contributed by atoms with van der Waals surface area (Å²) >= 11 is 0. The van der Waals surface area contributed by atoms with Crippen LogP contribution in [-0.2, 0) is 11.2 Å². The third-order valence-corrected chi connectivity index (χ3v) is 4.93. The Balaban J connectivity index is 1.48. The van der Waals surface area contributed by atoms with E-state index < -0.39 is 11.2 Å². The lowest BCUT2D eigenvalue weighted by molar-refractivity contribution is -0.122. The summed E-state index contributed by atoms with van der Waals surface area (Å²) in [7, 11) is 0. The van der Waals surface area contributed by atoms with Crippen LogP contribution in [-0.4, -0.2) is 48.1 Å². The predicted molar refractivity (Wildman–Crippen MR) is 85.3 cm³/mol. The second kappa shape index (κ2) is 6.67. The van der Waals surface area contributed by atoms with Gasteiger partial charge in [0.25, 0.3) is 5.56 Å². The SMILES string of the molecule is O=C(NCCc1c[nH]c(=O)[nH]c1=O)C1CC2(CCNCC2)CN1. The fraction of sp³-hybridized carbons (Fsp3) is 0.667. The van der Waals surface area contributed by atoms with E-state index in [0.29, 0.717) is 18.5 Å². The maximum Gasteiger partial charge on any atom is 0.325 e. The van der Waals surface area contributed by atoms with E-state index in [1.807, 2.05) is 0 Å². The van der Waals surface area contributed by atoms with E-state index >= 15 is 0 Å². The Morgan fingerprint density at radius 2 is 2.09 bits per heavy atom. The molecule has 2 fully saturated rings. The molecule has 23 heavy (non-hydrogen) atoms. The van der Waals surface area contributed by atoms with Crippen LogP contribution in [0.15, 0.2) is 15.8 Å². The largest absolute Gasteiger partial charge is 0.354 e. The third kappa shape index (κ3) is 3.70. The monoisotopic (exact) mass is 321 g/mol. The highest BCUT2D eigenvalue weighted by atomic mass is 16.2. The Hall–Kier alpha value is -1.93. The van der Waals surface area contributed by atoms with Crippen molar-refractivity contribution >= 4 is 5.91 Å². The Morgan fingerprint density at radius 1 is 1.30 bits per heavy atom. The molecule has 5 N–H and O–H groups in total. The number of hydrogen-bond acceptors (Lipinski definition) is 5. The first kappa shape index (κ1) is 15.9. The lowest BCUT2D eigenvalue weighted by Gasteiger charge is -2.33. The van der Waals surface area contributed by atoms with E-state index in [0.717, 1.165) is 38.9 Å². The van der Waals surface area contributed by atoms with Crippen LogP contribution in [0.25, 0.3) is 0 Å². The molecule has 8 nitrogen and oxygen atoms in total. The molecule has 0 radical (unpaired) electrons. The van der Waals surface area contributed by atoms with Crippen molar-refractivity contribution in [2.24, 2.45) is 5.41 Å². The average molecular weight is 321 g/mol. The molecule has 1 spiro atoms. The molecule has 3 heterocycles. The summed E-state index contributed by atoms with van der Waals surface area (Å²) < 4.78 is 0. The highest BCUT2D eigenvalue weighted by Crippen LogP contribution is 2.37. The highest BCUT2D eigenvalue weighted by Gasteiger charge is 2.41. The Bertz CT molecular complexity index is 674. The molecular formula is C15H23N5O3. The van der Waals surface area contributed by atoms with Gasteiger partial charge in [0.15, 0.2) is 0 Å². The van der Waals surface area contributed by atoms with Gasteiger partial charge in [-0.05, 0) is 44.2 Å².